The van der Waals surface area contributed by atoms with Gasteiger partial charge >= 0.3 is 6.61 Å². The first-order valence-corrected chi connectivity index (χ1v) is 7.50. The maximum absolute atomic E-state index is 12.2. The lowest BCUT2D eigenvalue weighted by atomic mass is 9.72. The van der Waals surface area contributed by atoms with E-state index in [1.165, 1.54) is 6.42 Å². The van der Waals surface area contributed by atoms with Crippen LogP contribution in [0.3, 0.4) is 0 Å². The maximum atomic E-state index is 12.2. The number of halogens is 2. The van der Waals surface area contributed by atoms with Crippen molar-refractivity contribution in [2.75, 3.05) is 0 Å². The molecule has 3 nitrogen and oxygen atoms in total. The summed E-state index contributed by atoms with van der Waals surface area (Å²) in [4.78, 5) is 0. The standard InChI is InChI=1S/C16H24F2N2O/c1-10-7-11(2)9-13(8-10)15(20-19)12-3-5-14(6-4-12)21-16(17)18/h3-6,10-11,13,15-16,20H,7-9,19H2,1-2H3. The van der Waals surface area contributed by atoms with Gasteiger partial charge < -0.3 is 4.74 Å². The molecule has 1 aromatic carbocycles. The van der Waals surface area contributed by atoms with Crippen LogP contribution in [-0.2, 0) is 0 Å². The first-order chi connectivity index (χ1) is 9.99. The topological polar surface area (TPSA) is 47.3 Å². The summed E-state index contributed by atoms with van der Waals surface area (Å²) in [5, 5.41) is 0. The van der Waals surface area contributed by atoms with Crippen LogP contribution >= 0.6 is 0 Å². The SMILES string of the molecule is CC1CC(C)CC(C(NN)c2ccc(OC(F)F)cc2)C1. The van der Waals surface area contributed by atoms with E-state index < -0.39 is 6.61 Å². The van der Waals surface area contributed by atoms with Crippen LogP contribution in [0.1, 0.15) is 44.7 Å². The normalized spacial score (nSPS) is 27.6. The van der Waals surface area contributed by atoms with Crippen molar-refractivity contribution in [1.82, 2.24) is 5.43 Å². The Morgan fingerprint density at radius 2 is 1.67 bits per heavy atom. The first-order valence-electron chi connectivity index (χ1n) is 7.50. The van der Waals surface area contributed by atoms with E-state index in [0.29, 0.717) is 17.8 Å². The summed E-state index contributed by atoms with van der Waals surface area (Å²) in [6, 6.07) is 6.82. The number of ether oxygens (including phenoxy) is 1. The summed E-state index contributed by atoms with van der Waals surface area (Å²) < 4.78 is 28.7. The molecule has 1 aliphatic carbocycles. The summed E-state index contributed by atoms with van der Waals surface area (Å²) >= 11 is 0. The number of hydrogen-bond donors (Lipinski definition) is 2. The summed E-state index contributed by atoms with van der Waals surface area (Å²) in [5.41, 5.74) is 3.92. The average molecular weight is 298 g/mol. The minimum atomic E-state index is -2.79. The minimum Gasteiger partial charge on any atom is -0.435 e. The van der Waals surface area contributed by atoms with Crippen LogP contribution < -0.4 is 16.0 Å². The highest BCUT2D eigenvalue weighted by Gasteiger charge is 2.30. The molecule has 0 heterocycles. The summed E-state index contributed by atoms with van der Waals surface area (Å²) in [6.45, 7) is 1.75. The van der Waals surface area contributed by atoms with Crippen molar-refractivity contribution >= 4 is 0 Å². The van der Waals surface area contributed by atoms with Crippen LogP contribution in [0.25, 0.3) is 0 Å². The molecule has 118 valence electrons. The van der Waals surface area contributed by atoms with Gasteiger partial charge in [-0.1, -0.05) is 26.0 Å². The van der Waals surface area contributed by atoms with Gasteiger partial charge in [-0.3, -0.25) is 11.3 Å². The number of nitrogens with one attached hydrogen (secondary N) is 1. The largest absolute Gasteiger partial charge is 0.435 e. The number of rotatable bonds is 5. The van der Waals surface area contributed by atoms with Gasteiger partial charge in [0.15, 0.2) is 0 Å². The minimum absolute atomic E-state index is 0.0517. The predicted molar refractivity (Wildman–Crippen MR) is 78.8 cm³/mol. The molecule has 0 spiro atoms. The molecule has 2 rings (SSSR count). The molecule has 3 atom stereocenters. The molecule has 3 unspecified atom stereocenters. The highest BCUT2D eigenvalue weighted by molar-refractivity contribution is 5.29. The van der Waals surface area contributed by atoms with Crippen molar-refractivity contribution in [3.05, 3.63) is 29.8 Å². The van der Waals surface area contributed by atoms with E-state index in [1.54, 1.807) is 12.1 Å². The summed E-state index contributed by atoms with van der Waals surface area (Å²) in [6.07, 6.45) is 3.53. The highest BCUT2D eigenvalue weighted by Crippen LogP contribution is 2.39. The molecule has 0 radical (unpaired) electrons. The molecule has 0 aliphatic heterocycles. The van der Waals surface area contributed by atoms with E-state index >= 15 is 0 Å². The van der Waals surface area contributed by atoms with E-state index in [-0.39, 0.29) is 11.8 Å². The molecule has 21 heavy (non-hydrogen) atoms. The van der Waals surface area contributed by atoms with E-state index in [0.717, 1.165) is 18.4 Å². The smallest absolute Gasteiger partial charge is 0.387 e. The number of benzene rings is 1. The van der Waals surface area contributed by atoms with Gasteiger partial charge in [-0.05, 0) is 54.7 Å². The summed E-state index contributed by atoms with van der Waals surface area (Å²) in [5.74, 6) is 7.77. The highest BCUT2D eigenvalue weighted by atomic mass is 19.3. The zero-order chi connectivity index (χ0) is 15.4. The van der Waals surface area contributed by atoms with Crippen LogP contribution in [0, 0.1) is 17.8 Å². The lowest BCUT2D eigenvalue weighted by molar-refractivity contribution is -0.0498. The Hall–Kier alpha value is -1.20. The van der Waals surface area contributed by atoms with Crippen LogP contribution in [0.15, 0.2) is 24.3 Å². The summed E-state index contributed by atoms with van der Waals surface area (Å²) in [7, 11) is 0. The number of hydrazine groups is 1. The quantitative estimate of drug-likeness (QED) is 0.641. The predicted octanol–water partition coefficient (Wildman–Crippen LogP) is 3.86. The van der Waals surface area contributed by atoms with Gasteiger partial charge in [0.05, 0.1) is 0 Å². The van der Waals surface area contributed by atoms with Gasteiger partial charge in [-0.25, -0.2) is 0 Å². The molecule has 0 amide bonds. The lowest BCUT2D eigenvalue weighted by Gasteiger charge is -2.36. The molecule has 5 heteroatoms. The van der Waals surface area contributed by atoms with Gasteiger partial charge in [0, 0.05) is 6.04 Å². The maximum Gasteiger partial charge on any atom is 0.387 e. The molecule has 1 fully saturated rings. The van der Waals surface area contributed by atoms with E-state index in [4.69, 9.17) is 5.84 Å². The molecule has 3 N–H and O–H groups in total. The van der Waals surface area contributed by atoms with Gasteiger partial charge in [0.2, 0.25) is 0 Å². The molecular formula is C16H24F2N2O. The second kappa shape index (κ2) is 7.18. The lowest BCUT2D eigenvalue weighted by Crippen LogP contribution is -2.37. The number of nitrogens with two attached hydrogens (primary N) is 1. The van der Waals surface area contributed by atoms with Gasteiger partial charge in [-0.15, -0.1) is 0 Å². The van der Waals surface area contributed by atoms with E-state index in [9.17, 15) is 8.78 Å². The Morgan fingerprint density at radius 3 is 2.14 bits per heavy atom. The molecular weight excluding hydrogens is 274 g/mol. The Kier molecular flexibility index (Phi) is 5.53. The Morgan fingerprint density at radius 1 is 1.10 bits per heavy atom. The Bertz CT molecular complexity index is 428. The van der Waals surface area contributed by atoms with Gasteiger partial charge in [0.1, 0.15) is 5.75 Å². The Labute approximate surface area is 124 Å². The van der Waals surface area contributed by atoms with Crippen molar-refractivity contribution in [3.8, 4) is 5.75 Å². The van der Waals surface area contributed by atoms with Crippen LogP contribution in [0.2, 0.25) is 0 Å². The molecule has 1 saturated carbocycles. The molecule has 1 aromatic rings. The van der Waals surface area contributed by atoms with Gasteiger partial charge in [0.25, 0.3) is 0 Å². The molecule has 0 saturated heterocycles. The van der Waals surface area contributed by atoms with E-state index in [1.807, 2.05) is 12.1 Å². The zero-order valence-electron chi connectivity index (χ0n) is 12.6. The molecule has 1 aliphatic rings. The van der Waals surface area contributed by atoms with Crippen LogP contribution in [0.4, 0.5) is 8.78 Å². The zero-order valence-corrected chi connectivity index (χ0v) is 12.6. The second-order valence-electron chi connectivity index (χ2n) is 6.27. The van der Waals surface area contributed by atoms with Crippen molar-refractivity contribution in [2.45, 2.75) is 45.8 Å². The van der Waals surface area contributed by atoms with Crippen molar-refractivity contribution < 1.29 is 13.5 Å². The van der Waals surface area contributed by atoms with Gasteiger partial charge in [-0.2, -0.15) is 8.78 Å². The van der Waals surface area contributed by atoms with Crippen molar-refractivity contribution in [2.24, 2.45) is 23.6 Å². The fourth-order valence-electron chi connectivity index (χ4n) is 3.64. The first kappa shape index (κ1) is 16.2. The van der Waals surface area contributed by atoms with E-state index in [2.05, 4.69) is 24.0 Å². The third-order valence-electron chi connectivity index (χ3n) is 4.33. The fourth-order valence-corrected chi connectivity index (χ4v) is 3.64. The van der Waals surface area contributed by atoms with Crippen molar-refractivity contribution in [1.29, 1.82) is 0 Å². The third kappa shape index (κ3) is 4.38. The monoisotopic (exact) mass is 298 g/mol. The molecule has 0 aromatic heterocycles. The van der Waals surface area contributed by atoms with Crippen LogP contribution in [-0.4, -0.2) is 6.61 Å². The second-order valence-corrected chi connectivity index (χ2v) is 6.27. The number of alkyl halides is 2. The molecule has 0 bridgehead atoms. The number of hydrogen-bond acceptors (Lipinski definition) is 3. The Balaban J connectivity index is 2.09. The van der Waals surface area contributed by atoms with Crippen LogP contribution in [0.5, 0.6) is 5.75 Å². The average Bonchev–Trinajstić information content (AvgIpc) is 2.40. The third-order valence-corrected chi connectivity index (χ3v) is 4.33. The fraction of sp³-hybridized carbons (Fsp3) is 0.625. The van der Waals surface area contributed by atoms with Crippen molar-refractivity contribution in [3.63, 3.8) is 0 Å².